The third-order valence-electron chi connectivity index (χ3n) is 6.89. The molecule has 0 bridgehead atoms. The summed E-state index contributed by atoms with van der Waals surface area (Å²) in [5, 5.41) is 9.97. The number of benzene rings is 3. The average Bonchev–Trinajstić information content (AvgIpc) is 3.45. The van der Waals surface area contributed by atoms with Crippen molar-refractivity contribution in [2.24, 2.45) is 4.99 Å². The van der Waals surface area contributed by atoms with Gasteiger partial charge in [-0.05, 0) is 105 Å². The molecule has 206 valence electrons. The second kappa shape index (κ2) is 12.2. The predicted molar refractivity (Wildman–Crippen MR) is 164 cm³/mol. The monoisotopic (exact) mass is 562 g/mol. The molecule has 1 aromatic heterocycles. The highest BCUT2D eigenvalue weighted by molar-refractivity contribution is 8.18. The molecule has 0 aliphatic carbocycles. The van der Waals surface area contributed by atoms with Crippen LogP contribution in [0.5, 0.6) is 11.5 Å². The number of ether oxygens (including phenoxy) is 2. The van der Waals surface area contributed by atoms with Crippen molar-refractivity contribution < 1.29 is 14.3 Å². The van der Waals surface area contributed by atoms with Gasteiger partial charge in [0.15, 0.2) is 5.17 Å². The highest BCUT2D eigenvalue weighted by atomic mass is 32.2. The van der Waals surface area contributed by atoms with Crippen LogP contribution < -0.4 is 9.47 Å². The number of aliphatic imine (C=N–C) groups is 1. The van der Waals surface area contributed by atoms with E-state index in [4.69, 9.17) is 14.5 Å². The lowest BCUT2D eigenvalue weighted by molar-refractivity contribution is -0.122. The van der Waals surface area contributed by atoms with E-state index in [2.05, 4.69) is 30.6 Å². The van der Waals surface area contributed by atoms with Crippen LogP contribution in [-0.2, 0) is 11.4 Å². The van der Waals surface area contributed by atoms with Gasteiger partial charge in [0, 0.05) is 29.2 Å². The van der Waals surface area contributed by atoms with Crippen LogP contribution in [-0.4, -0.2) is 34.2 Å². The fraction of sp³-hybridized carbons (Fsp3) is 0.182. The Morgan fingerprint density at radius 3 is 2.39 bits per heavy atom. The van der Waals surface area contributed by atoms with Gasteiger partial charge in [0.2, 0.25) is 0 Å². The van der Waals surface area contributed by atoms with Crippen LogP contribution in [0.3, 0.4) is 0 Å². The van der Waals surface area contributed by atoms with Gasteiger partial charge in [-0.1, -0.05) is 18.2 Å². The molecule has 1 aliphatic heterocycles. The number of aromatic nitrogens is 1. The first-order valence-electron chi connectivity index (χ1n) is 13.3. The lowest BCUT2D eigenvalue weighted by Gasteiger charge is -2.12. The van der Waals surface area contributed by atoms with Crippen LogP contribution in [0.25, 0.3) is 11.8 Å². The van der Waals surface area contributed by atoms with E-state index in [0.29, 0.717) is 28.8 Å². The van der Waals surface area contributed by atoms with Crippen LogP contribution in [0.2, 0.25) is 0 Å². The molecule has 1 aliphatic rings. The molecule has 1 fully saturated rings. The van der Waals surface area contributed by atoms with Crippen LogP contribution >= 0.6 is 11.8 Å². The number of thioether (sulfide) groups is 1. The number of hydrogen-bond acceptors (Lipinski definition) is 6. The lowest BCUT2D eigenvalue weighted by atomic mass is 10.1. The summed E-state index contributed by atoms with van der Waals surface area (Å²) >= 11 is 1.39. The molecule has 1 amide bonds. The molecule has 0 spiro atoms. The number of methoxy groups -OCH3 is 1. The van der Waals surface area contributed by atoms with Gasteiger partial charge in [-0.3, -0.25) is 9.69 Å². The summed E-state index contributed by atoms with van der Waals surface area (Å²) in [6.07, 6.45) is 1.95. The SMILES string of the molecule is CCN1C(=O)/C(=C\c2cc(C)n(-c3ccc(OCc4ccccc4C#N)cc3)c2C)SC1=Nc1ccc(OC)cc1. The summed E-state index contributed by atoms with van der Waals surface area (Å²) in [5.74, 6) is 1.44. The third-order valence-corrected chi connectivity index (χ3v) is 7.89. The zero-order valence-electron chi connectivity index (χ0n) is 23.4. The summed E-state index contributed by atoms with van der Waals surface area (Å²) in [4.78, 5) is 20.3. The number of amidine groups is 1. The number of rotatable bonds is 8. The average molecular weight is 563 g/mol. The van der Waals surface area contributed by atoms with Crippen molar-refractivity contribution in [1.82, 2.24) is 9.47 Å². The van der Waals surface area contributed by atoms with Gasteiger partial charge in [-0.2, -0.15) is 5.26 Å². The summed E-state index contributed by atoms with van der Waals surface area (Å²) < 4.78 is 13.3. The molecule has 7 nitrogen and oxygen atoms in total. The maximum atomic E-state index is 13.3. The minimum Gasteiger partial charge on any atom is -0.497 e. The molecule has 2 heterocycles. The summed E-state index contributed by atoms with van der Waals surface area (Å²) in [6, 6.07) is 27.1. The maximum absolute atomic E-state index is 13.3. The molecule has 0 atom stereocenters. The molecule has 8 heteroatoms. The van der Waals surface area contributed by atoms with Crippen molar-refractivity contribution in [2.45, 2.75) is 27.4 Å². The fourth-order valence-corrected chi connectivity index (χ4v) is 5.77. The number of nitrogens with zero attached hydrogens (tertiary/aromatic N) is 4. The number of nitriles is 1. The van der Waals surface area contributed by atoms with Gasteiger partial charge in [0.25, 0.3) is 5.91 Å². The first-order chi connectivity index (χ1) is 19.9. The van der Waals surface area contributed by atoms with Gasteiger partial charge >= 0.3 is 0 Å². The van der Waals surface area contributed by atoms with Crippen molar-refractivity contribution >= 4 is 34.6 Å². The summed E-state index contributed by atoms with van der Waals surface area (Å²) in [7, 11) is 1.63. The smallest absolute Gasteiger partial charge is 0.266 e. The van der Waals surface area contributed by atoms with Crippen LogP contribution in [0, 0.1) is 25.2 Å². The Kier molecular flexibility index (Phi) is 8.27. The Balaban J connectivity index is 1.35. The number of carbonyl (C=O) groups is 1. The molecule has 0 saturated carbocycles. The van der Waals surface area contributed by atoms with Crippen molar-refractivity contribution in [2.75, 3.05) is 13.7 Å². The number of carbonyl (C=O) groups excluding carboxylic acids is 1. The largest absolute Gasteiger partial charge is 0.497 e. The molecule has 3 aromatic carbocycles. The molecular weight excluding hydrogens is 532 g/mol. The van der Waals surface area contributed by atoms with Crippen LogP contribution in [0.15, 0.2) is 88.8 Å². The molecule has 4 aromatic rings. The Bertz CT molecular complexity index is 1680. The van der Waals surface area contributed by atoms with E-state index in [9.17, 15) is 10.1 Å². The second-order valence-electron chi connectivity index (χ2n) is 9.47. The molecule has 0 radical (unpaired) electrons. The van der Waals surface area contributed by atoms with Gasteiger partial charge in [0.05, 0.1) is 29.3 Å². The minimum absolute atomic E-state index is 0.0472. The van der Waals surface area contributed by atoms with E-state index < -0.39 is 0 Å². The van der Waals surface area contributed by atoms with Gasteiger partial charge in [0.1, 0.15) is 18.1 Å². The maximum Gasteiger partial charge on any atom is 0.266 e. The highest BCUT2D eigenvalue weighted by Gasteiger charge is 2.32. The van der Waals surface area contributed by atoms with E-state index >= 15 is 0 Å². The Morgan fingerprint density at radius 2 is 1.71 bits per heavy atom. The van der Waals surface area contributed by atoms with Gasteiger partial charge in [-0.25, -0.2) is 4.99 Å². The third kappa shape index (κ3) is 5.91. The van der Waals surface area contributed by atoms with E-state index in [-0.39, 0.29) is 5.91 Å². The molecular formula is C33H30N4O3S. The number of aryl methyl sites for hydroxylation is 1. The Morgan fingerprint density at radius 1 is 1.00 bits per heavy atom. The zero-order valence-corrected chi connectivity index (χ0v) is 24.2. The fourth-order valence-electron chi connectivity index (χ4n) is 4.72. The zero-order chi connectivity index (χ0) is 28.9. The number of likely N-dealkylation sites (N-methyl/N-ethyl adjacent to an activating group) is 1. The van der Waals surface area contributed by atoms with Crippen molar-refractivity contribution in [3.8, 4) is 23.3 Å². The molecule has 5 rings (SSSR count). The first kappa shape index (κ1) is 27.8. The Hall–Kier alpha value is -4.74. The van der Waals surface area contributed by atoms with E-state index in [1.165, 1.54) is 11.8 Å². The van der Waals surface area contributed by atoms with E-state index in [0.717, 1.165) is 45.4 Å². The van der Waals surface area contributed by atoms with Gasteiger partial charge in [-0.15, -0.1) is 0 Å². The Labute approximate surface area is 244 Å². The normalized spacial score (nSPS) is 15.0. The standard InChI is InChI=1S/C33H30N4O3S/c1-5-36-32(38)31(41-33(36)35-27-10-14-29(39-4)15-11-27)19-26-18-22(2)37(23(26)3)28-12-16-30(17-13-28)40-21-25-9-7-6-8-24(25)20-34/h6-19H,5,21H2,1-4H3/b31-19+,35-33?. The van der Waals surface area contributed by atoms with E-state index in [1.807, 2.05) is 79.7 Å². The summed E-state index contributed by atoms with van der Waals surface area (Å²) in [6.45, 7) is 6.92. The molecule has 41 heavy (non-hydrogen) atoms. The molecule has 0 N–H and O–H groups in total. The van der Waals surface area contributed by atoms with Gasteiger partial charge < -0.3 is 14.0 Å². The number of hydrogen-bond donors (Lipinski definition) is 0. The van der Waals surface area contributed by atoms with Crippen LogP contribution in [0.4, 0.5) is 5.69 Å². The topological polar surface area (TPSA) is 79.9 Å². The second-order valence-corrected chi connectivity index (χ2v) is 10.5. The predicted octanol–water partition coefficient (Wildman–Crippen LogP) is 7.18. The first-order valence-corrected chi connectivity index (χ1v) is 14.1. The highest BCUT2D eigenvalue weighted by Crippen LogP contribution is 2.35. The quantitative estimate of drug-likeness (QED) is 0.213. The summed E-state index contributed by atoms with van der Waals surface area (Å²) in [5.41, 5.74) is 6.30. The van der Waals surface area contributed by atoms with Crippen molar-refractivity contribution in [1.29, 1.82) is 5.26 Å². The minimum atomic E-state index is -0.0472. The lowest BCUT2D eigenvalue weighted by Crippen LogP contribution is -2.28. The van der Waals surface area contributed by atoms with Crippen molar-refractivity contribution in [3.05, 3.63) is 112 Å². The van der Waals surface area contributed by atoms with Crippen LogP contribution in [0.1, 0.15) is 35.0 Å². The number of amides is 1. The molecule has 0 unspecified atom stereocenters. The van der Waals surface area contributed by atoms with E-state index in [1.54, 1.807) is 18.1 Å². The molecule has 1 saturated heterocycles. The van der Waals surface area contributed by atoms with Crippen molar-refractivity contribution in [3.63, 3.8) is 0 Å².